The summed E-state index contributed by atoms with van der Waals surface area (Å²) in [5.74, 6) is 0.742. The second kappa shape index (κ2) is 7.64. The van der Waals surface area contributed by atoms with Gasteiger partial charge in [-0.25, -0.2) is 9.69 Å². The average Bonchev–Trinajstić information content (AvgIpc) is 3.40. The van der Waals surface area contributed by atoms with Gasteiger partial charge in [0.1, 0.15) is 12.6 Å². The minimum absolute atomic E-state index is 0.0613. The van der Waals surface area contributed by atoms with Crippen molar-refractivity contribution in [3.8, 4) is 0 Å². The molecule has 1 unspecified atom stereocenters. The molecule has 150 valence electrons. The predicted molar refractivity (Wildman–Crippen MR) is 109 cm³/mol. The van der Waals surface area contributed by atoms with Gasteiger partial charge < -0.3 is 4.74 Å². The second-order valence-corrected chi connectivity index (χ2v) is 8.50. The molecule has 0 aromatic heterocycles. The molecule has 0 radical (unpaired) electrons. The van der Waals surface area contributed by atoms with Gasteiger partial charge in [-0.2, -0.15) is 0 Å². The number of amides is 2. The highest BCUT2D eigenvalue weighted by atomic mass is 16.6. The molecule has 2 aliphatic heterocycles. The third-order valence-electron chi connectivity index (χ3n) is 6.53. The van der Waals surface area contributed by atoms with Crippen molar-refractivity contribution in [2.24, 2.45) is 17.8 Å². The van der Waals surface area contributed by atoms with E-state index in [2.05, 4.69) is 29.2 Å². The molecular weight excluding hydrogens is 364 g/mol. The van der Waals surface area contributed by atoms with Gasteiger partial charge in [-0.05, 0) is 35.8 Å². The Labute approximate surface area is 171 Å². The molecule has 2 amide bonds. The van der Waals surface area contributed by atoms with Gasteiger partial charge in [0.2, 0.25) is 5.91 Å². The number of carbonyl (C=O) groups is 2. The Morgan fingerprint density at radius 2 is 1.66 bits per heavy atom. The van der Waals surface area contributed by atoms with Crippen molar-refractivity contribution in [3.63, 3.8) is 0 Å². The van der Waals surface area contributed by atoms with Gasteiger partial charge in [0.05, 0.1) is 5.92 Å². The summed E-state index contributed by atoms with van der Waals surface area (Å²) in [6.07, 6.45) is 1.89. The standard InChI is InChI=1S/C24H26N2O3/c27-23(26-22(16-29-24(26)28)19-9-5-2-6-10-19)21-15-25(14-20(21)18-11-12-18)13-17-7-3-1-4-8-17/h1-10,18,20-22H,11-16H2/t20-,21+,22?/m1/s1. The van der Waals surface area contributed by atoms with Crippen molar-refractivity contribution in [2.45, 2.75) is 25.4 Å². The highest BCUT2D eigenvalue weighted by Crippen LogP contribution is 2.45. The number of hydrogen-bond donors (Lipinski definition) is 0. The van der Waals surface area contributed by atoms with Crippen molar-refractivity contribution in [1.82, 2.24) is 9.80 Å². The number of benzene rings is 2. The lowest BCUT2D eigenvalue weighted by Gasteiger charge is -2.25. The first-order valence-electron chi connectivity index (χ1n) is 10.5. The molecule has 0 spiro atoms. The number of rotatable bonds is 5. The summed E-state index contributed by atoms with van der Waals surface area (Å²) < 4.78 is 5.30. The molecule has 0 N–H and O–H groups in total. The number of likely N-dealkylation sites (tertiary alicyclic amines) is 1. The fourth-order valence-electron chi connectivity index (χ4n) is 4.91. The summed E-state index contributed by atoms with van der Waals surface area (Å²) >= 11 is 0. The van der Waals surface area contributed by atoms with Crippen LogP contribution in [0.1, 0.15) is 30.0 Å². The molecule has 0 bridgehead atoms. The Bertz CT molecular complexity index is 882. The van der Waals surface area contributed by atoms with Gasteiger partial charge in [0.25, 0.3) is 0 Å². The number of nitrogens with zero attached hydrogens (tertiary/aromatic N) is 2. The molecule has 5 rings (SSSR count). The maximum Gasteiger partial charge on any atom is 0.417 e. The Kier molecular flexibility index (Phi) is 4.84. The van der Waals surface area contributed by atoms with Crippen LogP contribution in [0.15, 0.2) is 60.7 Å². The molecule has 5 nitrogen and oxygen atoms in total. The van der Waals surface area contributed by atoms with Crippen LogP contribution in [0.3, 0.4) is 0 Å². The summed E-state index contributed by atoms with van der Waals surface area (Å²) in [6, 6.07) is 19.8. The maximum absolute atomic E-state index is 13.6. The first kappa shape index (κ1) is 18.4. The van der Waals surface area contributed by atoms with Gasteiger partial charge in [-0.3, -0.25) is 9.69 Å². The van der Waals surface area contributed by atoms with E-state index in [9.17, 15) is 9.59 Å². The second-order valence-electron chi connectivity index (χ2n) is 8.50. The monoisotopic (exact) mass is 390 g/mol. The number of imide groups is 1. The van der Waals surface area contributed by atoms with E-state index in [0.29, 0.717) is 18.4 Å². The lowest BCUT2D eigenvalue weighted by Crippen LogP contribution is -2.41. The third-order valence-corrected chi connectivity index (χ3v) is 6.53. The van der Waals surface area contributed by atoms with E-state index in [1.54, 1.807) is 0 Å². The van der Waals surface area contributed by atoms with Crippen LogP contribution in [0.2, 0.25) is 0 Å². The lowest BCUT2D eigenvalue weighted by atomic mass is 9.89. The number of cyclic esters (lactones) is 1. The zero-order valence-electron chi connectivity index (χ0n) is 16.4. The molecular formula is C24H26N2O3. The van der Waals surface area contributed by atoms with E-state index in [4.69, 9.17) is 4.74 Å². The Morgan fingerprint density at radius 1 is 0.966 bits per heavy atom. The quantitative estimate of drug-likeness (QED) is 0.778. The van der Waals surface area contributed by atoms with Gasteiger partial charge in [-0.1, -0.05) is 60.7 Å². The van der Waals surface area contributed by atoms with Crippen LogP contribution in [0.25, 0.3) is 0 Å². The van der Waals surface area contributed by atoms with Crippen LogP contribution in [-0.2, 0) is 16.1 Å². The third kappa shape index (κ3) is 3.67. The van der Waals surface area contributed by atoms with Crippen LogP contribution in [0.4, 0.5) is 4.79 Å². The molecule has 1 aliphatic carbocycles. The summed E-state index contributed by atoms with van der Waals surface area (Å²) in [7, 11) is 0. The summed E-state index contributed by atoms with van der Waals surface area (Å²) in [5, 5.41) is 0. The van der Waals surface area contributed by atoms with E-state index >= 15 is 0 Å². The van der Waals surface area contributed by atoms with Crippen molar-refractivity contribution in [2.75, 3.05) is 19.7 Å². The molecule has 3 fully saturated rings. The topological polar surface area (TPSA) is 49.9 Å². The molecule has 3 atom stereocenters. The largest absolute Gasteiger partial charge is 0.446 e. The molecule has 5 heteroatoms. The lowest BCUT2D eigenvalue weighted by molar-refractivity contribution is -0.134. The van der Waals surface area contributed by atoms with Crippen molar-refractivity contribution in [1.29, 1.82) is 0 Å². The fraction of sp³-hybridized carbons (Fsp3) is 0.417. The Balaban J connectivity index is 1.36. The number of carbonyl (C=O) groups excluding carboxylic acids is 2. The normalized spacial score (nSPS) is 27.2. The predicted octanol–water partition coefficient (Wildman–Crippen LogP) is 3.86. The zero-order chi connectivity index (χ0) is 19.8. The molecule has 1 saturated carbocycles. The minimum atomic E-state index is -0.500. The SMILES string of the molecule is O=C1OCC(c2ccccc2)N1C(=O)[C@H]1CN(Cc2ccccc2)C[C@@H]1C1CC1. The number of hydrogen-bond acceptors (Lipinski definition) is 4. The van der Waals surface area contributed by atoms with Crippen molar-refractivity contribution >= 4 is 12.0 Å². The number of ether oxygens (including phenoxy) is 1. The molecule has 2 aromatic carbocycles. The van der Waals surface area contributed by atoms with E-state index in [1.165, 1.54) is 23.3 Å². The van der Waals surface area contributed by atoms with Crippen molar-refractivity contribution < 1.29 is 14.3 Å². The maximum atomic E-state index is 13.6. The fourth-order valence-corrected chi connectivity index (χ4v) is 4.91. The highest BCUT2D eigenvalue weighted by Gasteiger charge is 2.50. The molecule has 2 heterocycles. The van der Waals surface area contributed by atoms with Gasteiger partial charge in [0, 0.05) is 19.6 Å². The van der Waals surface area contributed by atoms with E-state index < -0.39 is 6.09 Å². The molecule has 3 aliphatic rings. The molecule has 2 aromatic rings. The van der Waals surface area contributed by atoms with Crippen LogP contribution < -0.4 is 0 Å². The first-order chi connectivity index (χ1) is 14.2. The summed E-state index contributed by atoms with van der Waals surface area (Å²) in [6.45, 7) is 2.72. The van der Waals surface area contributed by atoms with E-state index in [-0.39, 0.29) is 24.5 Å². The summed E-state index contributed by atoms with van der Waals surface area (Å²) in [5.41, 5.74) is 2.21. The van der Waals surface area contributed by atoms with Gasteiger partial charge in [-0.15, -0.1) is 0 Å². The average molecular weight is 390 g/mol. The molecule has 2 saturated heterocycles. The molecule has 29 heavy (non-hydrogen) atoms. The van der Waals surface area contributed by atoms with Crippen LogP contribution in [0, 0.1) is 17.8 Å². The van der Waals surface area contributed by atoms with Crippen molar-refractivity contribution in [3.05, 3.63) is 71.8 Å². The zero-order valence-corrected chi connectivity index (χ0v) is 16.4. The van der Waals surface area contributed by atoms with Gasteiger partial charge >= 0.3 is 6.09 Å². The van der Waals surface area contributed by atoms with Crippen LogP contribution in [-0.4, -0.2) is 41.5 Å². The Morgan fingerprint density at radius 3 is 2.34 bits per heavy atom. The van der Waals surface area contributed by atoms with E-state index in [1.807, 2.05) is 36.4 Å². The minimum Gasteiger partial charge on any atom is -0.446 e. The van der Waals surface area contributed by atoms with Crippen LogP contribution >= 0.6 is 0 Å². The van der Waals surface area contributed by atoms with Gasteiger partial charge in [0.15, 0.2) is 0 Å². The van der Waals surface area contributed by atoms with Crippen LogP contribution in [0.5, 0.6) is 0 Å². The highest BCUT2D eigenvalue weighted by molar-refractivity contribution is 5.95. The Hall–Kier alpha value is -2.66. The smallest absolute Gasteiger partial charge is 0.417 e. The first-order valence-corrected chi connectivity index (χ1v) is 10.5. The van der Waals surface area contributed by atoms with E-state index in [0.717, 1.165) is 18.7 Å². The summed E-state index contributed by atoms with van der Waals surface area (Å²) in [4.78, 5) is 29.8.